The number of hydrogen-bond donors (Lipinski definition) is 3. The predicted octanol–water partition coefficient (Wildman–Crippen LogP) is 3.76. The zero-order valence-corrected chi connectivity index (χ0v) is 17.5. The molecule has 0 atom stereocenters. The zero-order chi connectivity index (χ0) is 21.0. The second-order valence-corrected chi connectivity index (χ2v) is 8.36. The quantitative estimate of drug-likeness (QED) is 0.455. The molecule has 3 N–H and O–H groups in total. The van der Waals surface area contributed by atoms with E-state index in [2.05, 4.69) is 30.9 Å². The highest BCUT2D eigenvalue weighted by atomic mass is 16.1. The molecule has 8 heteroatoms. The molecule has 0 saturated heterocycles. The van der Waals surface area contributed by atoms with E-state index in [4.69, 9.17) is 4.98 Å². The lowest BCUT2D eigenvalue weighted by atomic mass is 9.85. The summed E-state index contributed by atoms with van der Waals surface area (Å²) in [5, 5.41) is 9.78. The summed E-state index contributed by atoms with van der Waals surface area (Å²) in [7, 11) is 0. The standard InChI is InChI=1S/C23H27N7O/c31-22(16-3-1-4-16)27-10-2-9-26-21-18(15-5-6-15)14-28-23(30-21)29-17-7-8-19-20(13-17)25-12-11-24-19/h7-8,11-16H,1-6,9-10H2,(H,27,31)(H2,26,28,29,30). The lowest BCUT2D eigenvalue weighted by Gasteiger charge is -2.24. The van der Waals surface area contributed by atoms with Crippen LogP contribution in [0.4, 0.5) is 17.5 Å². The number of nitrogens with one attached hydrogen (secondary N) is 3. The van der Waals surface area contributed by atoms with Crippen molar-refractivity contribution in [3.63, 3.8) is 0 Å². The van der Waals surface area contributed by atoms with Crippen molar-refractivity contribution in [3.8, 4) is 0 Å². The van der Waals surface area contributed by atoms with Crippen LogP contribution in [-0.2, 0) is 4.79 Å². The topological polar surface area (TPSA) is 105 Å². The Morgan fingerprint density at radius 2 is 1.84 bits per heavy atom. The van der Waals surface area contributed by atoms with Crippen molar-refractivity contribution >= 4 is 34.4 Å². The van der Waals surface area contributed by atoms with E-state index in [1.165, 1.54) is 24.8 Å². The van der Waals surface area contributed by atoms with Crippen LogP contribution in [-0.4, -0.2) is 38.9 Å². The first-order valence-corrected chi connectivity index (χ1v) is 11.1. The van der Waals surface area contributed by atoms with Gasteiger partial charge in [0.25, 0.3) is 0 Å². The SMILES string of the molecule is O=C(NCCCNc1nc(Nc2ccc3nccnc3c2)ncc1C1CC1)C1CCC1. The first-order chi connectivity index (χ1) is 15.3. The van der Waals surface area contributed by atoms with E-state index in [-0.39, 0.29) is 11.8 Å². The molecule has 0 bridgehead atoms. The van der Waals surface area contributed by atoms with E-state index in [0.717, 1.165) is 48.3 Å². The maximum absolute atomic E-state index is 11.9. The number of carbonyl (C=O) groups excluding carboxylic acids is 1. The molecule has 1 amide bonds. The van der Waals surface area contributed by atoms with Crippen LogP contribution in [0, 0.1) is 5.92 Å². The number of aromatic nitrogens is 4. The van der Waals surface area contributed by atoms with Crippen LogP contribution in [0.1, 0.15) is 50.0 Å². The fourth-order valence-electron chi connectivity index (χ4n) is 3.78. The van der Waals surface area contributed by atoms with Crippen LogP contribution in [0.25, 0.3) is 11.0 Å². The summed E-state index contributed by atoms with van der Waals surface area (Å²) >= 11 is 0. The van der Waals surface area contributed by atoms with E-state index in [9.17, 15) is 4.79 Å². The minimum atomic E-state index is 0.207. The number of fused-ring (bicyclic) bond motifs is 1. The van der Waals surface area contributed by atoms with Gasteiger partial charge in [-0.25, -0.2) is 4.98 Å². The van der Waals surface area contributed by atoms with Gasteiger partial charge in [-0.05, 0) is 56.2 Å². The second kappa shape index (κ2) is 8.83. The van der Waals surface area contributed by atoms with Gasteiger partial charge < -0.3 is 16.0 Å². The number of amides is 1. The highest BCUT2D eigenvalue weighted by Gasteiger charge is 2.28. The van der Waals surface area contributed by atoms with Crippen molar-refractivity contribution in [2.75, 3.05) is 23.7 Å². The van der Waals surface area contributed by atoms with E-state index >= 15 is 0 Å². The van der Waals surface area contributed by atoms with Gasteiger partial charge in [0, 0.05) is 48.8 Å². The largest absolute Gasteiger partial charge is 0.370 e. The summed E-state index contributed by atoms with van der Waals surface area (Å²) in [6, 6.07) is 5.83. The average molecular weight is 418 g/mol. The van der Waals surface area contributed by atoms with Gasteiger partial charge in [0.15, 0.2) is 0 Å². The van der Waals surface area contributed by atoms with Crippen LogP contribution < -0.4 is 16.0 Å². The maximum Gasteiger partial charge on any atom is 0.229 e. The molecule has 0 unspecified atom stereocenters. The summed E-state index contributed by atoms with van der Waals surface area (Å²) < 4.78 is 0. The third kappa shape index (κ3) is 4.73. The molecule has 2 aliphatic carbocycles. The Balaban J connectivity index is 1.21. The molecule has 8 nitrogen and oxygen atoms in total. The highest BCUT2D eigenvalue weighted by Crippen LogP contribution is 2.42. The Hall–Kier alpha value is -3.29. The zero-order valence-electron chi connectivity index (χ0n) is 17.5. The Kier molecular flexibility index (Phi) is 5.60. The van der Waals surface area contributed by atoms with Crippen LogP contribution in [0.2, 0.25) is 0 Å². The lowest BCUT2D eigenvalue weighted by molar-refractivity contribution is -0.127. The molecule has 5 rings (SSSR count). The minimum Gasteiger partial charge on any atom is -0.370 e. The van der Waals surface area contributed by atoms with Gasteiger partial charge in [0.05, 0.1) is 11.0 Å². The fourth-order valence-corrected chi connectivity index (χ4v) is 3.78. The van der Waals surface area contributed by atoms with Gasteiger partial charge in [-0.3, -0.25) is 14.8 Å². The van der Waals surface area contributed by atoms with Crippen molar-refractivity contribution in [3.05, 3.63) is 42.4 Å². The Morgan fingerprint density at radius 1 is 1.00 bits per heavy atom. The monoisotopic (exact) mass is 417 g/mol. The number of hydrogen-bond acceptors (Lipinski definition) is 7. The minimum absolute atomic E-state index is 0.207. The van der Waals surface area contributed by atoms with Gasteiger partial charge in [0.1, 0.15) is 5.82 Å². The molecule has 2 heterocycles. The van der Waals surface area contributed by atoms with Crippen molar-refractivity contribution in [2.24, 2.45) is 5.92 Å². The molecule has 31 heavy (non-hydrogen) atoms. The average Bonchev–Trinajstić information content (AvgIpc) is 3.58. The number of anilines is 3. The molecular weight excluding hydrogens is 390 g/mol. The molecule has 0 aliphatic heterocycles. The van der Waals surface area contributed by atoms with Gasteiger partial charge >= 0.3 is 0 Å². The van der Waals surface area contributed by atoms with Gasteiger partial charge in [-0.1, -0.05) is 6.42 Å². The van der Waals surface area contributed by atoms with Crippen LogP contribution in [0.15, 0.2) is 36.8 Å². The number of rotatable bonds is 9. The summed E-state index contributed by atoms with van der Waals surface area (Å²) in [4.78, 5) is 29.9. The van der Waals surface area contributed by atoms with Gasteiger partial charge in [0.2, 0.25) is 11.9 Å². The first kappa shape index (κ1) is 19.7. The van der Waals surface area contributed by atoms with Crippen molar-refractivity contribution < 1.29 is 4.79 Å². The third-order valence-electron chi connectivity index (χ3n) is 5.98. The third-order valence-corrected chi connectivity index (χ3v) is 5.98. The number of nitrogens with zero attached hydrogens (tertiary/aromatic N) is 4. The molecule has 2 aromatic heterocycles. The molecule has 1 aromatic carbocycles. The molecule has 0 radical (unpaired) electrons. The number of benzene rings is 1. The van der Waals surface area contributed by atoms with E-state index in [0.29, 0.717) is 18.4 Å². The van der Waals surface area contributed by atoms with Crippen LogP contribution in [0.3, 0.4) is 0 Å². The molecule has 2 saturated carbocycles. The summed E-state index contributed by atoms with van der Waals surface area (Å²) in [6.07, 6.45) is 11.8. The normalized spacial score (nSPS) is 16.0. The van der Waals surface area contributed by atoms with E-state index in [1.807, 2.05) is 24.4 Å². The van der Waals surface area contributed by atoms with Crippen molar-refractivity contribution in [1.29, 1.82) is 0 Å². The first-order valence-electron chi connectivity index (χ1n) is 11.1. The van der Waals surface area contributed by atoms with E-state index in [1.54, 1.807) is 12.4 Å². The van der Waals surface area contributed by atoms with Gasteiger partial charge in [-0.15, -0.1) is 0 Å². The Morgan fingerprint density at radius 3 is 2.61 bits per heavy atom. The summed E-state index contributed by atoms with van der Waals surface area (Å²) in [6.45, 7) is 1.45. The van der Waals surface area contributed by atoms with Gasteiger partial charge in [-0.2, -0.15) is 4.98 Å². The highest BCUT2D eigenvalue weighted by molar-refractivity contribution is 5.79. The molecule has 3 aromatic rings. The van der Waals surface area contributed by atoms with Crippen LogP contribution in [0.5, 0.6) is 0 Å². The molecule has 2 aliphatic rings. The smallest absolute Gasteiger partial charge is 0.229 e. The van der Waals surface area contributed by atoms with Crippen molar-refractivity contribution in [2.45, 2.75) is 44.4 Å². The molecule has 2 fully saturated rings. The van der Waals surface area contributed by atoms with Crippen molar-refractivity contribution in [1.82, 2.24) is 25.3 Å². The maximum atomic E-state index is 11.9. The molecular formula is C23H27N7O. The Bertz CT molecular complexity index is 1080. The molecule has 0 spiro atoms. The summed E-state index contributed by atoms with van der Waals surface area (Å²) in [5.74, 6) is 2.43. The fraction of sp³-hybridized carbons (Fsp3) is 0.435. The van der Waals surface area contributed by atoms with E-state index < -0.39 is 0 Å². The molecule has 160 valence electrons. The predicted molar refractivity (Wildman–Crippen MR) is 120 cm³/mol. The lowest BCUT2D eigenvalue weighted by Crippen LogP contribution is -2.35. The van der Waals surface area contributed by atoms with Crippen LogP contribution >= 0.6 is 0 Å². The number of carbonyl (C=O) groups is 1. The second-order valence-electron chi connectivity index (χ2n) is 8.36. The Labute approximate surface area is 181 Å². The summed E-state index contributed by atoms with van der Waals surface area (Å²) in [5.41, 5.74) is 3.72.